The number of nitrogen functional groups attached to an aromatic ring is 1. The van der Waals surface area contributed by atoms with Gasteiger partial charge in [0.25, 0.3) is 0 Å². The number of piperazine rings is 1. The minimum Gasteiger partial charge on any atom is -0.444 e. The van der Waals surface area contributed by atoms with Crippen molar-refractivity contribution in [2.45, 2.75) is 26.4 Å². The second-order valence-electron chi connectivity index (χ2n) is 7.21. The highest BCUT2D eigenvalue weighted by molar-refractivity contribution is 5.70. The molecule has 0 aliphatic carbocycles. The third kappa shape index (κ3) is 4.23. The third-order valence-electron chi connectivity index (χ3n) is 4.05. The van der Waals surface area contributed by atoms with Crippen LogP contribution in [0, 0.1) is 0 Å². The zero-order valence-electron chi connectivity index (χ0n) is 15.0. The summed E-state index contributed by atoms with van der Waals surface area (Å²) >= 11 is 0. The molecule has 0 radical (unpaired) electrons. The van der Waals surface area contributed by atoms with E-state index in [2.05, 4.69) is 27.2 Å². The van der Waals surface area contributed by atoms with Gasteiger partial charge in [-0.3, -0.25) is 5.10 Å². The molecule has 7 heteroatoms. The van der Waals surface area contributed by atoms with Gasteiger partial charge in [-0.2, -0.15) is 5.10 Å². The Balaban J connectivity index is 1.64. The van der Waals surface area contributed by atoms with Crippen LogP contribution in [0.15, 0.2) is 30.3 Å². The summed E-state index contributed by atoms with van der Waals surface area (Å²) in [5.41, 5.74) is 8.27. The van der Waals surface area contributed by atoms with Crippen LogP contribution in [0.3, 0.4) is 0 Å². The van der Waals surface area contributed by atoms with Gasteiger partial charge in [0.1, 0.15) is 11.4 Å². The molecule has 1 aromatic carbocycles. The summed E-state index contributed by atoms with van der Waals surface area (Å²) in [6, 6.07) is 10.0. The molecule has 1 aliphatic rings. The maximum Gasteiger partial charge on any atom is 0.410 e. The minimum atomic E-state index is -0.464. The van der Waals surface area contributed by atoms with Crippen molar-refractivity contribution in [2.75, 3.05) is 36.8 Å². The first kappa shape index (κ1) is 17.1. The number of hydrogen-bond acceptors (Lipinski definition) is 5. The van der Waals surface area contributed by atoms with Gasteiger partial charge < -0.3 is 20.3 Å². The number of carbonyl (C=O) groups excluding carboxylic acids is 1. The molecule has 3 rings (SSSR count). The lowest BCUT2D eigenvalue weighted by Crippen LogP contribution is -2.50. The van der Waals surface area contributed by atoms with E-state index in [0.717, 1.165) is 30.0 Å². The Morgan fingerprint density at radius 2 is 1.92 bits per heavy atom. The zero-order valence-corrected chi connectivity index (χ0v) is 15.0. The zero-order chi connectivity index (χ0) is 18.0. The van der Waals surface area contributed by atoms with Crippen LogP contribution in [-0.2, 0) is 4.74 Å². The number of amides is 1. The summed E-state index contributed by atoms with van der Waals surface area (Å²) in [6.45, 7) is 8.49. The SMILES string of the molecule is CC(C)(C)OC(=O)N1CCN(c2cccc(-c3cc(N)n[nH]3)c2)CC1. The molecule has 2 aromatic rings. The number of nitrogens with one attached hydrogen (secondary N) is 1. The van der Waals surface area contributed by atoms with Gasteiger partial charge in [0.15, 0.2) is 0 Å². The van der Waals surface area contributed by atoms with Crippen LogP contribution >= 0.6 is 0 Å². The molecule has 0 bridgehead atoms. The van der Waals surface area contributed by atoms with Gasteiger partial charge in [-0.15, -0.1) is 0 Å². The maximum atomic E-state index is 12.2. The van der Waals surface area contributed by atoms with E-state index >= 15 is 0 Å². The average molecular weight is 343 g/mol. The first-order valence-electron chi connectivity index (χ1n) is 8.46. The fraction of sp³-hybridized carbons (Fsp3) is 0.444. The van der Waals surface area contributed by atoms with Crippen LogP contribution in [0.1, 0.15) is 20.8 Å². The topological polar surface area (TPSA) is 87.5 Å². The molecular weight excluding hydrogens is 318 g/mol. The largest absolute Gasteiger partial charge is 0.444 e. The van der Waals surface area contributed by atoms with Gasteiger partial charge in [-0.25, -0.2) is 4.79 Å². The molecule has 0 saturated carbocycles. The smallest absolute Gasteiger partial charge is 0.410 e. The van der Waals surface area contributed by atoms with Crippen LogP contribution in [0.25, 0.3) is 11.3 Å². The molecule has 1 fully saturated rings. The van der Waals surface area contributed by atoms with Crippen molar-refractivity contribution in [3.63, 3.8) is 0 Å². The number of nitrogens with two attached hydrogens (primary N) is 1. The highest BCUT2D eigenvalue weighted by Crippen LogP contribution is 2.25. The van der Waals surface area contributed by atoms with Crippen LogP contribution < -0.4 is 10.6 Å². The Kier molecular flexibility index (Phi) is 4.57. The molecule has 0 spiro atoms. The van der Waals surface area contributed by atoms with Crippen molar-refractivity contribution in [3.05, 3.63) is 30.3 Å². The summed E-state index contributed by atoms with van der Waals surface area (Å²) in [4.78, 5) is 16.2. The Bertz CT molecular complexity index is 742. The van der Waals surface area contributed by atoms with Crippen molar-refractivity contribution >= 4 is 17.6 Å². The standard InChI is InChI=1S/C18H25N5O2/c1-18(2,3)25-17(24)23-9-7-22(8-10-23)14-6-4-5-13(11-14)15-12-16(19)21-20-15/h4-6,11-12H,7-10H2,1-3H3,(H3,19,20,21). The molecule has 0 atom stereocenters. The molecule has 2 heterocycles. The minimum absolute atomic E-state index is 0.242. The summed E-state index contributed by atoms with van der Waals surface area (Å²) in [7, 11) is 0. The number of H-pyrrole nitrogens is 1. The third-order valence-corrected chi connectivity index (χ3v) is 4.05. The van der Waals surface area contributed by atoms with Crippen LogP contribution in [0.5, 0.6) is 0 Å². The monoisotopic (exact) mass is 343 g/mol. The van der Waals surface area contributed by atoms with Gasteiger partial charge in [0, 0.05) is 43.5 Å². The molecule has 25 heavy (non-hydrogen) atoms. The second kappa shape index (κ2) is 6.66. The van der Waals surface area contributed by atoms with Crippen LogP contribution in [0.2, 0.25) is 0 Å². The Morgan fingerprint density at radius 3 is 2.52 bits per heavy atom. The molecule has 1 amide bonds. The molecule has 3 N–H and O–H groups in total. The van der Waals surface area contributed by atoms with Crippen molar-refractivity contribution in [3.8, 4) is 11.3 Å². The number of nitrogens with zero attached hydrogens (tertiary/aromatic N) is 3. The lowest BCUT2D eigenvalue weighted by Gasteiger charge is -2.36. The highest BCUT2D eigenvalue weighted by Gasteiger charge is 2.26. The van der Waals surface area contributed by atoms with E-state index in [1.807, 2.05) is 39.0 Å². The number of aromatic nitrogens is 2. The average Bonchev–Trinajstić information content (AvgIpc) is 3.00. The molecule has 1 aliphatic heterocycles. The summed E-state index contributed by atoms with van der Waals surface area (Å²) in [5.74, 6) is 0.478. The number of rotatable bonds is 2. The van der Waals surface area contributed by atoms with Gasteiger partial charge in [-0.05, 0) is 32.9 Å². The van der Waals surface area contributed by atoms with Gasteiger partial charge >= 0.3 is 6.09 Å². The van der Waals surface area contributed by atoms with Crippen molar-refractivity contribution in [1.29, 1.82) is 0 Å². The van der Waals surface area contributed by atoms with E-state index in [9.17, 15) is 4.79 Å². The number of ether oxygens (including phenoxy) is 1. The van der Waals surface area contributed by atoms with Crippen molar-refractivity contribution in [1.82, 2.24) is 15.1 Å². The normalized spacial score (nSPS) is 15.3. The Morgan fingerprint density at radius 1 is 1.20 bits per heavy atom. The van der Waals surface area contributed by atoms with Crippen LogP contribution in [-0.4, -0.2) is 53.0 Å². The van der Waals surface area contributed by atoms with E-state index in [0.29, 0.717) is 18.9 Å². The number of carbonyl (C=O) groups is 1. The molecular formula is C18H25N5O2. The molecule has 134 valence electrons. The molecule has 7 nitrogen and oxygen atoms in total. The fourth-order valence-corrected chi connectivity index (χ4v) is 2.83. The van der Waals surface area contributed by atoms with E-state index in [4.69, 9.17) is 10.5 Å². The predicted octanol–water partition coefficient (Wildman–Crippen LogP) is 2.72. The van der Waals surface area contributed by atoms with Crippen molar-refractivity contribution < 1.29 is 9.53 Å². The van der Waals surface area contributed by atoms with E-state index in [1.54, 1.807) is 4.90 Å². The van der Waals surface area contributed by atoms with Crippen molar-refractivity contribution in [2.24, 2.45) is 0 Å². The van der Waals surface area contributed by atoms with Gasteiger partial charge in [0.2, 0.25) is 0 Å². The van der Waals surface area contributed by atoms with E-state index in [-0.39, 0.29) is 6.09 Å². The summed E-state index contributed by atoms with van der Waals surface area (Å²) < 4.78 is 5.44. The van der Waals surface area contributed by atoms with Gasteiger partial charge in [-0.1, -0.05) is 12.1 Å². The molecule has 0 unspecified atom stereocenters. The Hall–Kier alpha value is -2.70. The Labute approximate surface area is 147 Å². The van der Waals surface area contributed by atoms with E-state index in [1.165, 1.54) is 0 Å². The number of benzene rings is 1. The highest BCUT2D eigenvalue weighted by atomic mass is 16.6. The van der Waals surface area contributed by atoms with Crippen LogP contribution in [0.4, 0.5) is 16.3 Å². The summed E-state index contributed by atoms with van der Waals surface area (Å²) in [5, 5.41) is 6.91. The lowest BCUT2D eigenvalue weighted by atomic mass is 10.1. The first-order chi connectivity index (χ1) is 11.8. The number of anilines is 2. The molecule has 1 saturated heterocycles. The summed E-state index contributed by atoms with van der Waals surface area (Å²) in [6.07, 6.45) is -0.242. The predicted molar refractivity (Wildman–Crippen MR) is 98.5 cm³/mol. The number of hydrogen-bond donors (Lipinski definition) is 2. The number of aromatic amines is 1. The molecule has 1 aromatic heterocycles. The quantitative estimate of drug-likeness (QED) is 0.875. The van der Waals surface area contributed by atoms with E-state index < -0.39 is 5.60 Å². The lowest BCUT2D eigenvalue weighted by molar-refractivity contribution is 0.0240. The first-order valence-corrected chi connectivity index (χ1v) is 8.46. The van der Waals surface area contributed by atoms with Gasteiger partial charge in [0.05, 0.1) is 5.69 Å². The maximum absolute atomic E-state index is 12.2. The second-order valence-corrected chi connectivity index (χ2v) is 7.21. The fourth-order valence-electron chi connectivity index (χ4n) is 2.83.